The second-order valence-electron chi connectivity index (χ2n) is 5.41. The van der Waals surface area contributed by atoms with Crippen molar-refractivity contribution in [3.05, 3.63) is 29.3 Å². The monoisotopic (exact) mass is 263 g/mol. The number of hydrogen-bond acceptors (Lipinski definition) is 4. The largest absolute Gasteiger partial charge is 0.496 e. The van der Waals surface area contributed by atoms with Crippen molar-refractivity contribution >= 4 is 5.84 Å². The Morgan fingerprint density at radius 2 is 2.32 bits per heavy atom. The summed E-state index contributed by atoms with van der Waals surface area (Å²) >= 11 is 0. The summed E-state index contributed by atoms with van der Waals surface area (Å²) in [5, 5.41) is 17.5. The number of rotatable bonds is 4. The zero-order chi connectivity index (χ0) is 14.0. The number of methoxy groups -OCH3 is 1. The zero-order valence-corrected chi connectivity index (χ0v) is 11.4. The molecule has 1 aliphatic rings. The highest BCUT2D eigenvalue weighted by molar-refractivity contribution is 5.97. The van der Waals surface area contributed by atoms with Gasteiger partial charge in [-0.3, -0.25) is 10.3 Å². The predicted octanol–water partition coefficient (Wildman–Crippen LogP) is 0.936. The molecule has 1 aliphatic heterocycles. The van der Waals surface area contributed by atoms with Crippen LogP contribution in [0.5, 0.6) is 5.75 Å². The van der Waals surface area contributed by atoms with Crippen molar-refractivity contribution < 1.29 is 9.84 Å². The summed E-state index contributed by atoms with van der Waals surface area (Å²) in [5.74, 6) is 0.622. The molecule has 1 unspecified atom stereocenters. The Morgan fingerprint density at radius 3 is 2.84 bits per heavy atom. The van der Waals surface area contributed by atoms with Gasteiger partial charge in [-0.05, 0) is 31.0 Å². The third-order valence-electron chi connectivity index (χ3n) is 3.49. The van der Waals surface area contributed by atoms with Gasteiger partial charge in [0.2, 0.25) is 0 Å². The smallest absolute Gasteiger partial charge is 0.129 e. The fraction of sp³-hybridized carbons (Fsp3) is 0.500. The van der Waals surface area contributed by atoms with Crippen LogP contribution in [0.15, 0.2) is 18.2 Å². The Hall–Kier alpha value is -1.59. The van der Waals surface area contributed by atoms with Crippen LogP contribution in [0.3, 0.4) is 0 Å². The number of amidine groups is 1. The fourth-order valence-electron chi connectivity index (χ4n) is 2.50. The average molecular weight is 263 g/mol. The van der Waals surface area contributed by atoms with E-state index in [0.29, 0.717) is 17.9 Å². The Labute approximate surface area is 113 Å². The van der Waals surface area contributed by atoms with E-state index in [0.717, 1.165) is 25.1 Å². The Morgan fingerprint density at radius 1 is 1.58 bits per heavy atom. The topological polar surface area (TPSA) is 82.6 Å². The molecule has 1 aromatic rings. The quantitative estimate of drug-likeness (QED) is 0.557. The van der Waals surface area contributed by atoms with E-state index in [9.17, 15) is 5.11 Å². The Kier molecular flexibility index (Phi) is 3.78. The van der Waals surface area contributed by atoms with Gasteiger partial charge in [0.25, 0.3) is 0 Å². The van der Waals surface area contributed by atoms with Gasteiger partial charge in [0.15, 0.2) is 0 Å². The molecule has 5 heteroatoms. The van der Waals surface area contributed by atoms with Crippen LogP contribution in [-0.4, -0.2) is 41.6 Å². The highest BCUT2D eigenvalue weighted by Gasteiger charge is 2.31. The van der Waals surface area contributed by atoms with E-state index in [1.165, 1.54) is 0 Å². The minimum atomic E-state index is -0.587. The summed E-state index contributed by atoms with van der Waals surface area (Å²) < 4.78 is 5.19. The van der Waals surface area contributed by atoms with Crippen molar-refractivity contribution in [3.8, 4) is 5.75 Å². The molecule has 5 nitrogen and oxygen atoms in total. The number of nitrogens with zero attached hydrogens (tertiary/aromatic N) is 1. The van der Waals surface area contributed by atoms with Gasteiger partial charge >= 0.3 is 0 Å². The lowest BCUT2D eigenvalue weighted by Crippen LogP contribution is -2.29. The summed E-state index contributed by atoms with van der Waals surface area (Å²) in [7, 11) is 1.57. The maximum atomic E-state index is 9.95. The highest BCUT2D eigenvalue weighted by atomic mass is 16.5. The van der Waals surface area contributed by atoms with Crippen LogP contribution in [0.25, 0.3) is 0 Å². The summed E-state index contributed by atoms with van der Waals surface area (Å²) in [6, 6.07) is 5.69. The first-order valence-corrected chi connectivity index (χ1v) is 6.37. The van der Waals surface area contributed by atoms with Crippen molar-refractivity contribution in [2.24, 2.45) is 5.73 Å². The number of ether oxygens (including phenoxy) is 1. The van der Waals surface area contributed by atoms with Gasteiger partial charge in [0, 0.05) is 19.6 Å². The van der Waals surface area contributed by atoms with Crippen molar-refractivity contribution in [1.82, 2.24) is 4.90 Å². The van der Waals surface area contributed by atoms with Gasteiger partial charge in [0.05, 0.1) is 18.3 Å². The van der Waals surface area contributed by atoms with Crippen LogP contribution in [0, 0.1) is 5.41 Å². The highest BCUT2D eigenvalue weighted by Crippen LogP contribution is 2.24. The molecule has 0 amide bonds. The summed E-state index contributed by atoms with van der Waals surface area (Å²) in [5.41, 5.74) is 6.66. The zero-order valence-electron chi connectivity index (χ0n) is 11.4. The number of nitrogens with one attached hydrogen (secondary N) is 1. The summed E-state index contributed by atoms with van der Waals surface area (Å²) in [4.78, 5) is 2.20. The Bertz CT molecular complexity index is 486. The number of hydrogen-bond donors (Lipinski definition) is 3. The maximum absolute atomic E-state index is 9.95. The van der Waals surface area contributed by atoms with Crippen LogP contribution in [-0.2, 0) is 6.54 Å². The molecule has 1 aromatic carbocycles. The van der Waals surface area contributed by atoms with Crippen molar-refractivity contribution in [3.63, 3.8) is 0 Å². The van der Waals surface area contributed by atoms with E-state index in [-0.39, 0.29) is 5.84 Å². The average Bonchev–Trinajstić information content (AvgIpc) is 2.68. The third kappa shape index (κ3) is 3.24. The van der Waals surface area contributed by atoms with Crippen molar-refractivity contribution in [2.75, 3.05) is 20.2 Å². The Balaban J connectivity index is 2.13. The molecule has 0 radical (unpaired) electrons. The van der Waals surface area contributed by atoms with Crippen molar-refractivity contribution in [1.29, 1.82) is 5.41 Å². The molecule has 1 heterocycles. The van der Waals surface area contributed by atoms with Gasteiger partial charge < -0.3 is 15.6 Å². The van der Waals surface area contributed by atoms with E-state index in [1.54, 1.807) is 7.11 Å². The second kappa shape index (κ2) is 5.19. The first-order valence-electron chi connectivity index (χ1n) is 6.37. The SMILES string of the molecule is COc1ccc(CN2CCC(C)(O)C2)cc1C(=N)N. The molecular formula is C14H21N3O2. The van der Waals surface area contributed by atoms with Crippen molar-refractivity contribution in [2.45, 2.75) is 25.5 Å². The van der Waals surface area contributed by atoms with Crippen LogP contribution in [0.4, 0.5) is 0 Å². The molecule has 0 aromatic heterocycles. The molecule has 4 N–H and O–H groups in total. The van der Waals surface area contributed by atoms with E-state index in [1.807, 2.05) is 25.1 Å². The minimum absolute atomic E-state index is 0.00659. The van der Waals surface area contributed by atoms with E-state index in [2.05, 4.69) is 4.90 Å². The second-order valence-corrected chi connectivity index (χ2v) is 5.41. The third-order valence-corrected chi connectivity index (χ3v) is 3.49. The molecule has 19 heavy (non-hydrogen) atoms. The standard InChI is InChI=1S/C14H21N3O2/c1-14(18)5-6-17(9-14)8-10-3-4-12(19-2)11(7-10)13(15)16/h3-4,7,18H,5-6,8-9H2,1-2H3,(H3,15,16). The molecule has 1 fully saturated rings. The van der Waals surface area contributed by atoms with Crippen LogP contribution in [0.1, 0.15) is 24.5 Å². The normalized spacial score (nSPS) is 23.5. The molecule has 0 saturated carbocycles. The van der Waals surface area contributed by atoms with E-state index >= 15 is 0 Å². The lowest BCUT2D eigenvalue weighted by atomic mass is 10.1. The molecule has 0 aliphatic carbocycles. The first kappa shape index (κ1) is 13.8. The minimum Gasteiger partial charge on any atom is -0.496 e. The molecule has 1 saturated heterocycles. The number of nitrogen functional groups attached to an aromatic ring is 1. The van der Waals surface area contributed by atoms with Crippen LogP contribution < -0.4 is 10.5 Å². The number of benzene rings is 1. The van der Waals surface area contributed by atoms with Gasteiger partial charge in [-0.15, -0.1) is 0 Å². The molecule has 2 rings (SSSR count). The molecular weight excluding hydrogens is 242 g/mol. The lowest BCUT2D eigenvalue weighted by Gasteiger charge is -2.19. The number of likely N-dealkylation sites (tertiary alicyclic amines) is 1. The van der Waals surface area contributed by atoms with Gasteiger partial charge in [-0.25, -0.2) is 0 Å². The van der Waals surface area contributed by atoms with Gasteiger partial charge in [-0.1, -0.05) is 6.07 Å². The molecule has 104 valence electrons. The molecule has 0 bridgehead atoms. The van der Waals surface area contributed by atoms with E-state index in [4.69, 9.17) is 15.9 Å². The first-order chi connectivity index (χ1) is 8.91. The lowest BCUT2D eigenvalue weighted by molar-refractivity contribution is 0.0679. The number of nitrogens with two attached hydrogens (primary N) is 1. The van der Waals surface area contributed by atoms with Gasteiger partial charge in [0.1, 0.15) is 11.6 Å². The summed E-state index contributed by atoms with van der Waals surface area (Å²) in [6.45, 7) is 4.17. The predicted molar refractivity (Wildman–Crippen MR) is 74.5 cm³/mol. The number of aliphatic hydroxyl groups is 1. The molecule has 1 atom stereocenters. The summed E-state index contributed by atoms with van der Waals surface area (Å²) in [6.07, 6.45) is 0.794. The molecule has 0 spiro atoms. The number of β-amino-alcohol motifs (C(OH)–C–C–N with tert-alkyl or cyclic N) is 1. The van der Waals surface area contributed by atoms with Crippen LogP contribution >= 0.6 is 0 Å². The maximum Gasteiger partial charge on any atom is 0.129 e. The van der Waals surface area contributed by atoms with Crippen LogP contribution in [0.2, 0.25) is 0 Å². The fourth-order valence-corrected chi connectivity index (χ4v) is 2.50. The van der Waals surface area contributed by atoms with Gasteiger partial charge in [-0.2, -0.15) is 0 Å². The van der Waals surface area contributed by atoms with E-state index < -0.39 is 5.60 Å².